The van der Waals surface area contributed by atoms with E-state index in [1.165, 1.54) is 52.0 Å². The van der Waals surface area contributed by atoms with E-state index in [-0.39, 0.29) is 54.9 Å². The summed E-state index contributed by atoms with van der Waals surface area (Å²) in [5.41, 5.74) is 20.2. The number of nitrogens with two attached hydrogens (primary N) is 3. The number of hydrogen-bond acceptors (Lipinski definition) is 27. The fourth-order valence-corrected chi connectivity index (χ4v) is 12.8. The topological polar surface area (TPSA) is 669 Å². The third-order valence-corrected chi connectivity index (χ3v) is 19.6. The molecular weight excluding hydrogens is 1620 g/mol. The summed E-state index contributed by atoms with van der Waals surface area (Å²) in [7, 11) is 0. The molecule has 0 bridgehead atoms. The van der Waals surface area contributed by atoms with Gasteiger partial charge in [0.15, 0.2) is 23.1 Å². The highest BCUT2D eigenvalue weighted by atomic mass is 16.5. The number of primary amides is 1. The first-order valence-corrected chi connectivity index (χ1v) is 39.4. The second-order valence-corrected chi connectivity index (χ2v) is 29.2. The van der Waals surface area contributed by atoms with Crippen LogP contribution in [0.1, 0.15) is 145 Å². The number of cyclic esters (lactones) is 1. The molecule has 11 amide bonds. The van der Waals surface area contributed by atoms with E-state index in [1.807, 2.05) is 24.3 Å². The van der Waals surface area contributed by atoms with Crippen LogP contribution in [0.3, 0.4) is 0 Å². The van der Waals surface area contributed by atoms with Gasteiger partial charge in [0.25, 0.3) is 5.91 Å². The number of unbranched alkanes of at least 4 members (excludes halogenated alkanes) is 2. The van der Waals surface area contributed by atoms with Gasteiger partial charge >= 0.3 is 30.2 Å². The third-order valence-electron chi connectivity index (χ3n) is 19.6. The highest BCUT2D eigenvalue weighted by Crippen LogP contribution is 2.27. The summed E-state index contributed by atoms with van der Waals surface area (Å²) in [6.07, 6.45) is -3.69. The Bertz CT molecular complexity index is 4680. The van der Waals surface area contributed by atoms with Crippen LogP contribution in [-0.4, -0.2) is 226 Å². The zero-order chi connectivity index (χ0) is 92.4. The number of para-hydroxylation sites is 2. The molecule has 4 aromatic carbocycles. The summed E-state index contributed by atoms with van der Waals surface area (Å²) in [5, 5.41) is 54.3. The van der Waals surface area contributed by atoms with E-state index in [4.69, 9.17) is 45.9 Å². The molecule has 6 rings (SSSR count). The number of amides is 11. The smallest absolute Gasteiger partial charge is 0.373 e. The highest BCUT2D eigenvalue weighted by Gasteiger charge is 2.40. The van der Waals surface area contributed by atoms with Crippen molar-refractivity contribution in [2.24, 2.45) is 35.1 Å². The van der Waals surface area contributed by atoms with E-state index in [0.717, 1.165) is 37.3 Å². The number of carboxylic acid groups (broad SMARTS) is 2. The van der Waals surface area contributed by atoms with Gasteiger partial charge in [0.1, 0.15) is 48.1 Å². The van der Waals surface area contributed by atoms with Crippen molar-refractivity contribution in [3.8, 4) is 16.9 Å². The van der Waals surface area contributed by atoms with Crippen molar-refractivity contribution >= 4 is 135 Å². The quantitative estimate of drug-likeness (QED) is 0.0109. The van der Waals surface area contributed by atoms with E-state index >= 15 is 0 Å². The Morgan fingerprint density at radius 2 is 1.20 bits per heavy atom. The number of esters is 1. The number of Topliss-reactive ketones (excluding diaryl/α,β-unsaturated/α-hetero) is 4. The summed E-state index contributed by atoms with van der Waals surface area (Å²) in [5.74, 6) is -26.0. The van der Waals surface area contributed by atoms with E-state index < -0.39 is 249 Å². The van der Waals surface area contributed by atoms with Crippen molar-refractivity contribution in [1.29, 1.82) is 0 Å². The van der Waals surface area contributed by atoms with Crippen LogP contribution in [0.15, 0.2) is 103 Å². The van der Waals surface area contributed by atoms with Crippen molar-refractivity contribution in [1.82, 2.24) is 58.2 Å². The number of aliphatic hydroxyl groups is 1. The Morgan fingerprint density at radius 1 is 0.613 bits per heavy atom. The van der Waals surface area contributed by atoms with Crippen LogP contribution in [0.25, 0.3) is 22.0 Å². The fraction of sp³-hybridized carbons (Fsp3) is 0.446. The Balaban J connectivity index is 0.00000522. The summed E-state index contributed by atoms with van der Waals surface area (Å²) in [6.45, 7) is 5.27. The van der Waals surface area contributed by atoms with Crippen LogP contribution in [0.5, 0.6) is 5.75 Å². The zero-order valence-electron chi connectivity index (χ0n) is 68.9. The van der Waals surface area contributed by atoms with Gasteiger partial charge in [0.05, 0.1) is 51.2 Å². The van der Waals surface area contributed by atoms with E-state index in [9.17, 15) is 102 Å². The molecule has 1 aromatic heterocycles. The number of ketones is 4. The van der Waals surface area contributed by atoms with Crippen molar-refractivity contribution in [3.05, 3.63) is 120 Å². The molecule has 0 aliphatic carbocycles. The number of ether oxygens (including phenoxy) is 2. The maximum Gasteiger partial charge on any atom is 0.373 e. The van der Waals surface area contributed by atoms with Crippen LogP contribution in [0, 0.1) is 23.7 Å². The number of nitrogen functional groups attached to an aromatic ring is 1. The fourth-order valence-electron chi connectivity index (χ4n) is 12.8. The highest BCUT2D eigenvalue weighted by molar-refractivity contribution is 6.05. The van der Waals surface area contributed by atoms with Crippen LogP contribution in [-0.2, 0) is 107 Å². The van der Waals surface area contributed by atoms with Crippen molar-refractivity contribution in [2.75, 3.05) is 38.6 Å². The Morgan fingerprint density at radius 3 is 1.80 bits per heavy atom. The number of rotatable bonds is 31. The number of hydrogen-bond donors (Lipinski definition) is 17. The van der Waals surface area contributed by atoms with Crippen LogP contribution < -0.4 is 75.1 Å². The predicted octanol–water partition coefficient (Wildman–Crippen LogP) is -1.02. The molecule has 0 radical (unpaired) electrons. The number of aliphatic hydroxyl groups excluding tert-OH is 1. The summed E-state index contributed by atoms with van der Waals surface area (Å²) < 4.78 is 11.6. The first-order valence-electron chi connectivity index (χ1n) is 39.4. The number of aromatic amines is 1. The lowest BCUT2D eigenvalue weighted by Crippen LogP contribution is -2.58. The van der Waals surface area contributed by atoms with Crippen LogP contribution in [0.2, 0.25) is 0 Å². The molecule has 1 saturated heterocycles. The van der Waals surface area contributed by atoms with Gasteiger partial charge in [0.2, 0.25) is 59.1 Å². The number of nitrogens with one attached hydrogen (secondary N) is 11. The molecule has 41 nitrogen and oxygen atoms in total. The normalized spacial score (nSPS) is 20.2. The van der Waals surface area contributed by atoms with E-state index in [1.54, 1.807) is 54.7 Å². The number of carboxylic acids is 2. The van der Waals surface area contributed by atoms with E-state index in [0.29, 0.717) is 28.8 Å². The molecule has 41 heteroatoms. The van der Waals surface area contributed by atoms with Gasteiger partial charge in [-0.25, -0.2) is 4.79 Å². The molecule has 0 spiro atoms. The number of aromatic nitrogens is 1. The molecule has 668 valence electrons. The SMILES string of the molecule is CCCCCOc1ccc(-c2ccc(C(=O)N[C@@H](Cc3c[nH]c4ccccc34)C(=O)N[C@H](CC(N)=O)C(=O)C[C@@H](C)C(=O)N[C@@H]3C(=O)NCC(=O)N[C@@H](CCCN)C(=O)N[C@@H](CC(=O)O)C(=O)C[C@H](C)C(=O)N[C@@H](C)C(=O)NCC(=O)N[C@H](CO)C(=O)C[C@@H]([C@H](C)CC(=O)O)C(=O)N[C@@H](CC(=O)c4ccccc4N)C(=O)O[C@@H]3C)cc2)cc1.O=C=O.O=C=O. The lowest BCUT2D eigenvalue weighted by atomic mass is 9.84. The first kappa shape index (κ1) is 102. The average molecular weight is 1730 g/mol. The molecule has 0 saturated carbocycles. The van der Waals surface area contributed by atoms with Gasteiger partial charge in [-0.3, -0.25) is 81.5 Å². The molecule has 0 unspecified atom stereocenters. The number of carbonyl (C=O) groups excluding carboxylic acids is 20. The van der Waals surface area contributed by atoms with Gasteiger partial charge in [-0.1, -0.05) is 95.1 Å². The van der Waals surface area contributed by atoms with Crippen LogP contribution in [0.4, 0.5) is 5.69 Å². The summed E-state index contributed by atoms with van der Waals surface area (Å²) in [6, 6.07) is 12.1. The molecule has 20 N–H and O–H groups in total. The molecular formula is C83H104N14O27. The maximum atomic E-state index is 14.9. The Kier molecular flexibility index (Phi) is 43.1. The number of H-pyrrole nitrogens is 1. The Hall–Kier alpha value is -14.0. The standard InChI is InChI=1S/C81H104N14O23.2CO2/c1-7-8-13-29-117-51-26-24-48(25-27-51)47-20-22-49(23-21-47)76(111)93-60(33-50-38-85-56-18-12-10-15-52(50)56)79(114)91-58(36-67(84)101)64(98)31-44(4)74(109)95-72-46(6)118-81(116)61(35-63(97)53-16-9-11-17-55(53)83)94-77(112)54(42(2)32-70(104)105)34-66(100)62(41-96)90-69(103)39-86-75(110)45(5)88-73(108)43(3)30-65(99)59(37-71(106)107)92-78(113)57(19-14-28-82)89-68(102)40-87-80(72)115;2*2-1-3/h9-12,15-18,20-27,38,42-46,54,57-62,72,85,96H,7-8,13-14,19,28-37,39-41,82-83H2,1-6H3,(H2,84,101)(H,86,110)(H,87,115)(H,88,108)(H,89,102)(H,90,103)(H,91,114)(H,92,113)(H,93,111)(H,94,112)(H,95,109)(H,104,105)(H,106,107);;/t42-,43+,44-,45+,46-,54+,57+,58-,59+,60+,61+,62-,72+;;/m1../s1. The molecule has 1 fully saturated rings. The van der Waals surface area contributed by atoms with Crippen LogP contribution >= 0.6 is 0 Å². The number of carbonyl (C=O) groups is 18. The lowest BCUT2D eigenvalue weighted by Gasteiger charge is -2.29. The number of anilines is 1. The Labute approximate surface area is 710 Å². The van der Waals surface area contributed by atoms with Crippen molar-refractivity contribution < 1.29 is 130 Å². The second kappa shape index (κ2) is 52.2. The van der Waals surface area contributed by atoms with Gasteiger partial charge in [-0.2, -0.15) is 19.2 Å². The number of aliphatic carboxylic acids is 2. The predicted molar refractivity (Wildman–Crippen MR) is 434 cm³/mol. The molecule has 1 aliphatic rings. The van der Waals surface area contributed by atoms with E-state index in [2.05, 4.69) is 65.1 Å². The van der Waals surface area contributed by atoms with Gasteiger partial charge in [0, 0.05) is 90.2 Å². The zero-order valence-corrected chi connectivity index (χ0v) is 68.9. The molecule has 1 aliphatic heterocycles. The lowest BCUT2D eigenvalue weighted by molar-refractivity contribution is -0.193. The molecule has 5 aromatic rings. The molecule has 2 heterocycles. The summed E-state index contributed by atoms with van der Waals surface area (Å²) >= 11 is 0. The minimum Gasteiger partial charge on any atom is -0.494 e. The first-order chi connectivity index (χ1) is 58.8. The van der Waals surface area contributed by atoms with Crippen molar-refractivity contribution in [3.63, 3.8) is 0 Å². The largest absolute Gasteiger partial charge is 0.494 e. The minimum atomic E-state index is -2.19. The van der Waals surface area contributed by atoms with Gasteiger partial charge in [-0.05, 0) is 105 Å². The molecule has 124 heavy (non-hydrogen) atoms. The maximum absolute atomic E-state index is 14.9. The summed E-state index contributed by atoms with van der Waals surface area (Å²) in [4.78, 5) is 285. The van der Waals surface area contributed by atoms with Gasteiger partial charge in [-0.15, -0.1) is 0 Å². The average Bonchev–Trinajstić information content (AvgIpc) is 1.68. The number of benzene rings is 4. The monoisotopic (exact) mass is 1730 g/mol. The molecule has 13 atom stereocenters. The van der Waals surface area contributed by atoms with Crippen molar-refractivity contribution in [2.45, 2.75) is 179 Å². The third kappa shape index (κ3) is 33.9. The minimum absolute atomic E-state index is 0.00597. The second-order valence-electron chi connectivity index (χ2n) is 29.2. The number of fused-ring (bicyclic) bond motifs is 1. The van der Waals surface area contributed by atoms with Gasteiger partial charge < -0.3 is 100 Å².